The number of benzene rings is 2. The van der Waals surface area contributed by atoms with E-state index in [0.717, 1.165) is 16.0 Å². The number of hydrogen-bond acceptors (Lipinski definition) is 3. The van der Waals surface area contributed by atoms with Crippen molar-refractivity contribution in [3.63, 3.8) is 0 Å². The van der Waals surface area contributed by atoms with Gasteiger partial charge >= 0.3 is 6.03 Å². The molecule has 0 spiro atoms. The number of urea groups is 1. The smallest absolute Gasteiger partial charge is 0.325 e. The zero-order valence-electron chi connectivity index (χ0n) is 15.3. The van der Waals surface area contributed by atoms with E-state index in [1.165, 1.54) is 0 Å². The molecule has 27 heavy (non-hydrogen) atoms. The summed E-state index contributed by atoms with van der Waals surface area (Å²) in [6.45, 7) is 5.11. The average molecular weight is 386 g/mol. The third-order valence-corrected chi connectivity index (χ3v) is 4.76. The van der Waals surface area contributed by atoms with E-state index in [1.807, 2.05) is 32.0 Å². The number of imide groups is 1. The van der Waals surface area contributed by atoms with Gasteiger partial charge in [-0.1, -0.05) is 29.8 Å². The molecule has 6 nitrogen and oxygen atoms in total. The Morgan fingerprint density at radius 3 is 2.30 bits per heavy atom. The van der Waals surface area contributed by atoms with Crippen molar-refractivity contribution in [2.24, 2.45) is 0 Å². The Morgan fingerprint density at radius 1 is 1.11 bits per heavy atom. The van der Waals surface area contributed by atoms with Gasteiger partial charge in [-0.3, -0.25) is 14.5 Å². The van der Waals surface area contributed by atoms with E-state index >= 15 is 0 Å². The van der Waals surface area contributed by atoms with Gasteiger partial charge in [-0.25, -0.2) is 4.79 Å². The lowest BCUT2D eigenvalue weighted by molar-refractivity contribution is -0.133. The molecular formula is C20H20ClN3O3. The molecule has 1 aliphatic rings. The molecule has 0 bridgehead atoms. The molecule has 1 saturated heterocycles. The molecule has 1 aliphatic heterocycles. The predicted octanol–water partition coefficient (Wildman–Crippen LogP) is 3.36. The van der Waals surface area contributed by atoms with E-state index in [2.05, 4.69) is 10.6 Å². The van der Waals surface area contributed by atoms with Gasteiger partial charge in [0.15, 0.2) is 0 Å². The fourth-order valence-electron chi connectivity index (χ4n) is 3.21. The fourth-order valence-corrected chi connectivity index (χ4v) is 3.34. The summed E-state index contributed by atoms with van der Waals surface area (Å²) < 4.78 is 0. The highest BCUT2D eigenvalue weighted by atomic mass is 35.5. The van der Waals surface area contributed by atoms with Crippen molar-refractivity contribution in [1.82, 2.24) is 10.2 Å². The molecular weight excluding hydrogens is 366 g/mol. The second-order valence-corrected chi connectivity index (χ2v) is 7.31. The molecule has 2 aromatic carbocycles. The Bertz CT molecular complexity index is 906. The molecule has 0 aromatic heterocycles. The normalized spacial score (nSPS) is 19.2. The van der Waals surface area contributed by atoms with E-state index in [9.17, 15) is 14.4 Å². The Hall–Kier alpha value is -2.86. The van der Waals surface area contributed by atoms with Gasteiger partial charge < -0.3 is 10.6 Å². The minimum atomic E-state index is -1.23. The standard InChI is InChI=1S/C20H20ClN3O3/c1-12-8-13(2)10-16(9-12)22-17(25)11-24-18(26)20(3,23-19(24)27)14-4-6-15(21)7-5-14/h4-10H,11H2,1-3H3,(H,22,25)(H,23,27). The second-order valence-electron chi connectivity index (χ2n) is 6.88. The lowest BCUT2D eigenvalue weighted by Crippen LogP contribution is -2.42. The van der Waals surface area contributed by atoms with Crippen LogP contribution in [-0.4, -0.2) is 29.3 Å². The van der Waals surface area contributed by atoms with Crippen molar-refractivity contribution in [3.8, 4) is 0 Å². The van der Waals surface area contributed by atoms with E-state index in [0.29, 0.717) is 16.3 Å². The first-order chi connectivity index (χ1) is 12.7. The van der Waals surface area contributed by atoms with Crippen LogP contribution in [0.1, 0.15) is 23.6 Å². The van der Waals surface area contributed by atoms with Gasteiger partial charge in [0, 0.05) is 10.7 Å². The quantitative estimate of drug-likeness (QED) is 0.792. The molecule has 2 N–H and O–H groups in total. The number of rotatable bonds is 4. The summed E-state index contributed by atoms with van der Waals surface area (Å²) in [6, 6.07) is 11.7. The molecule has 0 radical (unpaired) electrons. The monoisotopic (exact) mass is 385 g/mol. The highest BCUT2D eigenvalue weighted by Gasteiger charge is 2.49. The van der Waals surface area contributed by atoms with Crippen LogP contribution in [0.2, 0.25) is 5.02 Å². The number of nitrogens with one attached hydrogen (secondary N) is 2. The fraction of sp³-hybridized carbons (Fsp3) is 0.250. The summed E-state index contributed by atoms with van der Waals surface area (Å²) in [7, 11) is 0. The van der Waals surface area contributed by atoms with E-state index < -0.39 is 23.4 Å². The average Bonchev–Trinajstić information content (AvgIpc) is 2.78. The molecule has 1 fully saturated rings. The minimum Gasteiger partial charge on any atom is -0.325 e. The Balaban J connectivity index is 1.75. The lowest BCUT2D eigenvalue weighted by Gasteiger charge is -2.22. The van der Waals surface area contributed by atoms with Gasteiger partial charge in [0.05, 0.1) is 0 Å². The van der Waals surface area contributed by atoms with E-state index in [-0.39, 0.29) is 6.54 Å². The number of nitrogens with zero attached hydrogens (tertiary/aromatic N) is 1. The molecule has 4 amide bonds. The van der Waals surface area contributed by atoms with Gasteiger partial charge in [0.2, 0.25) is 5.91 Å². The molecule has 7 heteroatoms. The zero-order chi connectivity index (χ0) is 19.8. The first-order valence-corrected chi connectivity index (χ1v) is 8.85. The van der Waals surface area contributed by atoms with Crippen molar-refractivity contribution in [2.75, 3.05) is 11.9 Å². The number of aryl methyl sites for hydroxylation is 2. The zero-order valence-corrected chi connectivity index (χ0v) is 16.1. The summed E-state index contributed by atoms with van der Waals surface area (Å²) in [5.74, 6) is -0.922. The molecule has 1 atom stereocenters. The number of amides is 4. The van der Waals surface area contributed by atoms with Crippen molar-refractivity contribution >= 4 is 35.1 Å². The molecule has 2 aromatic rings. The number of carbonyl (C=O) groups excluding carboxylic acids is 3. The maximum Gasteiger partial charge on any atom is 0.325 e. The SMILES string of the molecule is Cc1cc(C)cc(NC(=O)CN2C(=O)NC(C)(c3ccc(Cl)cc3)C2=O)c1. The van der Waals surface area contributed by atoms with Crippen LogP contribution in [0.25, 0.3) is 0 Å². The second kappa shape index (κ2) is 7.04. The van der Waals surface area contributed by atoms with E-state index in [1.54, 1.807) is 31.2 Å². The van der Waals surface area contributed by atoms with Gasteiger partial charge in [-0.2, -0.15) is 0 Å². The van der Waals surface area contributed by atoms with Crippen molar-refractivity contribution in [2.45, 2.75) is 26.3 Å². The maximum absolute atomic E-state index is 12.8. The van der Waals surface area contributed by atoms with Crippen LogP contribution in [0.3, 0.4) is 0 Å². The Kier molecular flexibility index (Phi) is 4.93. The van der Waals surface area contributed by atoms with Crippen LogP contribution in [0, 0.1) is 13.8 Å². The first-order valence-electron chi connectivity index (χ1n) is 8.47. The summed E-state index contributed by atoms with van der Waals surface area (Å²) in [5.41, 5.74) is 2.01. The number of halogens is 1. The third-order valence-electron chi connectivity index (χ3n) is 4.50. The lowest BCUT2D eigenvalue weighted by atomic mass is 9.92. The number of hydrogen-bond donors (Lipinski definition) is 2. The van der Waals surface area contributed by atoms with Crippen LogP contribution in [0.4, 0.5) is 10.5 Å². The van der Waals surface area contributed by atoms with Gasteiger partial charge in [0.25, 0.3) is 5.91 Å². The van der Waals surface area contributed by atoms with E-state index in [4.69, 9.17) is 11.6 Å². The van der Waals surface area contributed by atoms with Crippen LogP contribution in [0.15, 0.2) is 42.5 Å². The first kappa shape index (κ1) is 18.9. The summed E-state index contributed by atoms with van der Waals surface area (Å²) in [5, 5.41) is 5.93. The topological polar surface area (TPSA) is 78.5 Å². The third kappa shape index (κ3) is 3.80. The van der Waals surface area contributed by atoms with Gasteiger partial charge in [0.1, 0.15) is 12.1 Å². The molecule has 140 valence electrons. The van der Waals surface area contributed by atoms with Crippen LogP contribution >= 0.6 is 11.6 Å². The maximum atomic E-state index is 12.8. The summed E-state index contributed by atoms with van der Waals surface area (Å²) >= 11 is 5.89. The molecule has 0 aliphatic carbocycles. The Morgan fingerprint density at radius 2 is 1.70 bits per heavy atom. The largest absolute Gasteiger partial charge is 0.325 e. The van der Waals surface area contributed by atoms with Crippen molar-refractivity contribution < 1.29 is 14.4 Å². The highest BCUT2D eigenvalue weighted by molar-refractivity contribution is 6.30. The van der Waals surface area contributed by atoms with Crippen LogP contribution < -0.4 is 10.6 Å². The van der Waals surface area contributed by atoms with Crippen LogP contribution in [-0.2, 0) is 15.1 Å². The van der Waals surface area contributed by atoms with Gasteiger partial charge in [-0.05, 0) is 61.7 Å². The van der Waals surface area contributed by atoms with Crippen molar-refractivity contribution in [1.29, 1.82) is 0 Å². The molecule has 3 rings (SSSR count). The number of carbonyl (C=O) groups is 3. The number of anilines is 1. The predicted molar refractivity (Wildman–Crippen MR) is 104 cm³/mol. The Labute approximate surface area is 162 Å². The summed E-state index contributed by atoms with van der Waals surface area (Å²) in [6.07, 6.45) is 0. The van der Waals surface area contributed by atoms with Crippen molar-refractivity contribution in [3.05, 3.63) is 64.2 Å². The summed E-state index contributed by atoms with van der Waals surface area (Å²) in [4.78, 5) is 38.5. The molecule has 1 unspecified atom stereocenters. The van der Waals surface area contributed by atoms with Gasteiger partial charge in [-0.15, -0.1) is 0 Å². The molecule has 0 saturated carbocycles. The molecule has 1 heterocycles. The minimum absolute atomic E-state index is 0.360. The highest BCUT2D eigenvalue weighted by Crippen LogP contribution is 2.29. The van der Waals surface area contributed by atoms with Crippen LogP contribution in [0.5, 0.6) is 0 Å².